The van der Waals surface area contributed by atoms with Crippen molar-refractivity contribution in [3.05, 3.63) is 92.0 Å². The second-order valence-corrected chi connectivity index (χ2v) is 6.55. The molecule has 0 saturated heterocycles. The lowest BCUT2D eigenvalue weighted by molar-refractivity contribution is -0.384. The van der Waals surface area contributed by atoms with Crippen LogP contribution in [-0.4, -0.2) is 12.0 Å². The number of hydrogen-bond donors (Lipinski definition) is 0. The first-order chi connectivity index (χ1) is 13.0. The summed E-state index contributed by atoms with van der Waals surface area (Å²) in [5, 5.41) is 11.0. The first-order valence-electron chi connectivity index (χ1n) is 8.00. The van der Waals surface area contributed by atoms with Crippen molar-refractivity contribution in [1.82, 2.24) is 0 Å². The van der Waals surface area contributed by atoms with Crippen LogP contribution in [0.15, 0.2) is 60.7 Å². The Balaban J connectivity index is 1.92. The SMILES string of the molecule is COc1ccc(Oc2c(Cl)cc([N+](=O)[O-])cc2Cl)cc1Cc1ccccc1. The van der Waals surface area contributed by atoms with Gasteiger partial charge in [-0.15, -0.1) is 0 Å². The zero-order chi connectivity index (χ0) is 19.4. The molecular formula is C20H15Cl2NO4. The van der Waals surface area contributed by atoms with E-state index in [1.165, 1.54) is 12.1 Å². The molecule has 0 spiro atoms. The summed E-state index contributed by atoms with van der Waals surface area (Å²) >= 11 is 12.2. The molecule has 0 heterocycles. The molecule has 0 aliphatic heterocycles. The first kappa shape index (κ1) is 19.0. The molecule has 5 nitrogen and oxygen atoms in total. The largest absolute Gasteiger partial charge is 0.496 e. The van der Waals surface area contributed by atoms with Gasteiger partial charge in [0.2, 0.25) is 0 Å². The van der Waals surface area contributed by atoms with Crippen LogP contribution < -0.4 is 9.47 Å². The van der Waals surface area contributed by atoms with Gasteiger partial charge >= 0.3 is 0 Å². The second kappa shape index (κ2) is 8.29. The van der Waals surface area contributed by atoms with Crippen LogP contribution in [0.5, 0.6) is 17.2 Å². The third-order valence-electron chi connectivity index (χ3n) is 3.90. The van der Waals surface area contributed by atoms with Gasteiger partial charge in [-0.3, -0.25) is 10.1 Å². The van der Waals surface area contributed by atoms with Crippen LogP contribution >= 0.6 is 23.2 Å². The predicted molar refractivity (Wildman–Crippen MR) is 105 cm³/mol. The Labute approximate surface area is 166 Å². The van der Waals surface area contributed by atoms with Gasteiger partial charge in [-0.1, -0.05) is 53.5 Å². The average molecular weight is 404 g/mol. The first-order valence-corrected chi connectivity index (χ1v) is 8.75. The summed E-state index contributed by atoms with van der Waals surface area (Å²) in [7, 11) is 1.61. The summed E-state index contributed by atoms with van der Waals surface area (Å²) in [6.45, 7) is 0. The van der Waals surface area contributed by atoms with Crippen molar-refractivity contribution in [2.24, 2.45) is 0 Å². The fraction of sp³-hybridized carbons (Fsp3) is 0.100. The number of nitro groups is 1. The summed E-state index contributed by atoms with van der Waals surface area (Å²) in [4.78, 5) is 10.3. The maximum absolute atomic E-state index is 10.9. The van der Waals surface area contributed by atoms with E-state index in [0.717, 1.165) is 16.9 Å². The van der Waals surface area contributed by atoms with Crippen LogP contribution in [0, 0.1) is 10.1 Å². The highest BCUT2D eigenvalue weighted by Gasteiger charge is 2.17. The van der Waals surface area contributed by atoms with E-state index < -0.39 is 4.92 Å². The fourth-order valence-electron chi connectivity index (χ4n) is 2.64. The standard InChI is InChI=1S/C20H15Cl2NO4/c1-26-19-8-7-16(10-14(19)9-13-5-3-2-4-6-13)27-20-17(21)11-15(23(24)25)12-18(20)22/h2-8,10-12H,9H2,1H3. The van der Waals surface area contributed by atoms with E-state index in [9.17, 15) is 10.1 Å². The van der Waals surface area contributed by atoms with E-state index in [0.29, 0.717) is 12.2 Å². The molecule has 0 aromatic heterocycles. The van der Waals surface area contributed by atoms with Gasteiger partial charge in [0, 0.05) is 24.1 Å². The molecule has 0 radical (unpaired) electrons. The number of rotatable bonds is 6. The Bertz CT molecular complexity index is 954. The molecule has 27 heavy (non-hydrogen) atoms. The number of nitro benzene ring substituents is 1. The van der Waals surface area contributed by atoms with Gasteiger partial charge in [0.25, 0.3) is 5.69 Å². The molecule has 0 aliphatic rings. The van der Waals surface area contributed by atoms with E-state index >= 15 is 0 Å². The van der Waals surface area contributed by atoms with Crippen LogP contribution in [0.2, 0.25) is 10.0 Å². The van der Waals surface area contributed by atoms with Crippen molar-refractivity contribution in [2.45, 2.75) is 6.42 Å². The van der Waals surface area contributed by atoms with Crippen LogP contribution in [-0.2, 0) is 6.42 Å². The Morgan fingerprint density at radius 2 is 1.67 bits per heavy atom. The molecule has 0 bridgehead atoms. The Kier molecular flexibility index (Phi) is 5.84. The number of nitrogens with zero attached hydrogens (tertiary/aromatic N) is 1. The molecule has 0 fully saturated rings. The summed E-state index contributed by atoms with van der Waals surface area (Å²) in [5.41, 5.74) is 1.85. The van der Waals surface area contributed by atoms with Crippen molar-refractivity contribution in [3.8, 4) is 17.2 Å². The van der Waals surface area contributed by atoms with Gasteiger partial charge in [0.1, 0.15) is 11.5 Å². The number of ether oxygens (including phenoxy) is 2. The minimum absolute atomic E-state index is 0.0645. The maximum atomic E-state index is 10.9. The molecule has 0 N–H and O–H groups in total. The van der Waals surface area contributed by atoms with E-state index in [2.05, 4.69) is 0 Å². The van der Waals surface area contributed by atoms with E-state index in [-0.39, 0.29) is 21.5 Å². The van der Waals surface area contributed by atoms with Gasteiger partial charge < -0.3 is 9.47 Å². The Morgan fingerprint density at radius 1 is 1.00 bits per heavy atom. The Morgan fingerprint density at radius 3 is 2.26 bits per heavy atom. The average Bonchev–Trinajstić information content (AvgIpc) is 2.65. The van der Waals surface area contributed by atoms with Gasteiger partial charge in [0.05, 0.1) is 22.1 Å². The third kappa shape index (κ3) is 4.51. The van der Waals surface area contributed by atoms with Crippen molar-refractivity contribution >= 4 is 28.9 Å². The van der Waals surface area contributed by atoms with Gasteiger partial charge in [-0.05, 0) is 23.8 Å². The number of benzene rings is 3. The van der Waals surface area contributed by atoms with E-state index in [1.807, 2.05) is 36.4 Å². The van der Waals surface area contributed by atoms with Crippen molar-refractivity contribution in [3.63, 3.8) is 0 Å². The lowest BCUT2D eigenvalue weighted by atomic mass is 10.0. The third-order valence-corrected chi connectivity index (χ3v) is 4.46. The lowest BCUT2D eigenvalue weighted by Gasteiger charge is -2.13. The van der Waals surface area contributed by atoms with Gasteiger partial charge in [0.15, 0.2) is 5.75 Å². The van der Waals surface area contributed by atoms with E-state index in [1.54, 1.807) is 19.2 Å². The Hall–Kier alpha value is -2.76. The highest BCUT2D eigenvalue weighted by atomic mass is 35.5. The fourth-order valence-corrected chi connectivity index (χ4v) is 3.19. The monoisotopic (exact) mass is 403 g/mol. The zero-order valence-electron chi connectivity index (χ0n) is 14.3. The van der Waals surface area contributed by atoms with Crippen LogP contribution in [0.3, 0.4) is 0 Å². The number of methoxy groups -OCH3 is 1. The molecule has 0 aliphatic carbocycles. The molecular weight excluding hydrogens is 389 g/mol. The molecule has 7 heteroatoms. The smallest absolute Gasteiger partial charge is 0.272 e. The molecule has 0 atom stereocenters. The second-order valence-electron chi connectivity index (χ2n) is 5.73. The van der Waals surface area contributed by atoms with Gasteiger partial charge in [-0.2, -0.15) is 0 Å². The highest BCUT2D eigenvalue weighted by Crippen LogP contribution is 2.40. The highest BCUT2D eigenvalue weighted by molar-refractivity contribution is 6.37. The molecule has 0 unspecified atom stereocenters. The summed E-state index contributed by atoms with van der Waals surface area (Å²) in [6, 6.07) is 17.7. The molecule has 0 amide bonds. The normalized spacial score (nSPS) is 10.5. The minimum Gasteiger partial charge on any atom is -0.496 e. The van der Waals surface area contributed by atoms with Crippen LogP contribution in [0.25, 0.3) is 0 Å². The van der Waals surface area contributed by atoms with Crippen molar-refractivity contribution in [2.75, 3.05) is 7.11 Å². The van der Waals surface area contributed by atoms with E-state index in [4.69, 9.17) is 32.7 Å². The molecule has 3 aromatic carbocycles. The van der Waals surface area contributed by atoms with Gasteiger partial charge in [-0.25, -0.2) is 0 Å². The summed E-state index contributed by atoms with van der Waals surface area (Å²) in [6.07, 6.45) is 0.656. The minimum atomic E-state index is -0.563. The molecule has 138 valence electrons. The van der Waals surface area contributed by atoms with Crippen molar-refractivity contribution in [1.29, 1.82) is 0 Å². The molecule has 3 aromatic rings. The number of halogens is 2. The number of non-ortho nitro benzene ring substituents is 1. The predicted octanol–water partition coefficient (Wildman–Crippen LogP) is 6.29. The maximum Gasteiger partial charge on any atom is 0.272 e. The van der Waals surface area contributed by atoms with Crippen LogP contribution in [0.1, 0.15) is 11.1 Å². The quantitative estimate of drug-likeness (QED) is 0.358. The lowest BCUT2D eigenvalue weighted by Crippen LogP contribution is -1.96. The topological polar surface area (TPSA) is 61.6 Å². The zero-order valence-corrected chi connectivity index (χ0v) is 15.8. The summed E-state index contributed by atoms with van der Waals surface area (Å²) in [5.74, 6) is 1.39. The van der Waals surface area contributed by atoms with Crippen LogP contribution in [0.4, 0.5) is 5.69 Å². The van der Waals surface area contributed by atoms with Crippen molar-refractivity contribution < 1.29 is 14.4 Å². The molecule has 3 rings (SSSR count). The number of hydrogen-bond acceptors (Lipinski definition) is 4. The summed E-state index contributed by atoms with van der Waals surface area (Å²) < 4.78 is 11.2. The molecule has 0 saturated carbocycles.